The van der Waals surface area contributed by atoms with E-state index in [4.69, 9.17) is 27.9 Å². The van der Waals surface area contributed by atoms with Crippen molar-refractivity contribution in [1.29, 1.82) is 0 Å². The minimum Gasteiger partial charge on any atom is -0.481 e. The van der Waals surface area contributed by atoms with Gasteiger partial charge >= 0.3 is 0 Å². The fraction of sp³-hybridized carbons (Fsp3) is 0.333. The first-order chi connectivity index (χ1) is 12.0. The Morgan fingerprint density at radius 2 is 1.84 bits per heavy atom. The normalized spacial score (nSPS) is 15.8. The Hall–Kier alpha value is -1.98. The van der Waals surface area contributed by atoms with Gasteiger partial charge in [0.2, 0.25) is 0 Å². The summed E-state index contributed by atoms with van der Waals surface area (Å²) in [6.45, 7) is 4.31. The second kappa shape index (κ2) is 7.93. The molecule has 0 aliphatic carbocycles. The standard InChI is InChI=1S/C18H19Cl2N3O2/c1-13(25-15-5-3-2-4-6-15)18(24)23-9-7-22(8-10-23)17-16(20)11-14(19)12-21-17/h2-6,11-13H,7-10H2,1H3. The molecule has 1 aromatic heterocycles. The molecule has 5 nitrogen and oxygen atoms in total. The number of anilines is 1. The number of aromatic nitrogens is 1. The van der Waals surface area contributed by atoms with Crippen LogP contribution in [0.15, 0.2) is 42.6 Å². The Kier molecular flexibility index (Phi) is 5.66. The van der Waals surface area contributed by atoms with E-state index in [1.54, 1.807) is 19.2 Å². The summed E-state index contributed by atoms with van der Waals surface area (Å²) in [6, 6.07) is 11.0. The maximum absolute atomic E-state index is 12.6. The molecular weight excluding hydrogens is 361 g/mol. The Balaban J connectivity index is 1.57. The summed E-state index contributed by atoms with van der Waals surface area (Å²) >= 11 is 12.1. The summed E-state index contributed by atoms with van der Waals surface area (Å²) in [6.07, 6.45) is 1.06. The van der Waals surface area contributed by atoms with Crippen LogP contribution in [-0.4, -0.2) is 48.1 Å². The lowest BCUT2D eigenvalue weighted by molar-refractivity contribution is -0.138. The van der Waals surface area contributed by atoms with Gasteiger partial charge in [-0.2, -0.15) is 0 Å². The average molecular weight is 380 g/mol. The number of para-hydroxylation sites is 1. The van der Waals surface area contributed by atoms with Gasteiger partial charge in [0.15, 0.2) is 6.10 Å². The quantitative estimate of drug-likeness (QED) is 0.815. The van der Waals surface area contributed by atoms with Crippen molar-refractivity contribution >= 4 is 34.9 Å². The molecule has 25 heavy (non-hydrogen) atoms. The van der Waals surface area contributed by atoms with Crippen molar-refractivity contribution < 1.29 is 9.53 Å². The van der Waals surface area contributed by atoms with Crippen LogP contribution in [0.2, 0.25) is 10.0 Å². The third-order valence-corrected chi connectivity index (χ3v) is 4.57. The van der Waals surface area contributed by atoms with Crippen LogP contribution in [-0.2, 0) is 4.79 Å². The summed E-state index contributed by atoms with van der Waals surface area (Å²) < 4.78 is 5.72. The maximum atomic E-state index is 12.6. The maximum Gasteiger partial charge on any atom is 0.263 e. The number of carbonyl (C=O) groups is 1. The molecule has 1 aliphatic heterocycles. The largest absolute Gasteiger partial charge is 0.481 e. The molecule has 1 saturated heterocycles. The lowest BCUT2D eigenvalue weighted by Gasteiger charge is -2.36. The molecule has 3 rings (SSSR count). The molecule has 2 aromatic rings. The zero-order valence-corrected chi connectivity index (χ0v) is 15.4. The molecule has 0 spiro atoms. The van der Waals surface area contributed by atoms with Crippen molar-refractivity contribution in [3.05, 3.63) is 52.6 Å². The number of rotatable bonds is 4. The van der Waals surface area contributed by atoms with Crippen LogP contribution in [0.1, 0.15) is 6.92 Å². The molecule has 0 bridgehead atoms. The van der Waals surface area contributed by atoms with Gasteiger partial charge in [-0.05, 0) is 25.1 Å². The minimum atomic E-state index is -0.522. The summed E-state index contributed by atoms with van der Waals surface area (Å²) in [5.74, 6) is 1.38. The van der Waals surface area contributed by atoms with Crippen LogP contribution >= 0.6 is 23.2 Å². The summed E-state index contributed by atoms with van der Waals surface area (Å²) in [5, 5.41) is 1.03. The molecule has 1 aliphatic rings. The summed E-state index contributed by atoms with van der Waals surface area (Å²) in [7, 11) is 0. The van der Waals surface area contributed by atoms with Gasteiger partial charge in [0.05, 0.1) is 10.0 Å². The fourth-order valence-corrected chi connectivity index (χ4v) is 3.29. The van der Waals surface area contributed by atoms with Gasteiger partial charge in [0, 0.05) is 32.4 Å². The number of ether oxygens (including phenoxy) is 1. The van der Waals surface area contributed by atoms with Crippen molar-refractivity contribution in [3.63, 3.8) is 0 Å². The zero-order valence-electron chi connectivity index (χ0n) is 13.9. The monoisotopic (exact) mass is 379 g/mol. The van der Waals surface area contributed by atoms with Crippen molar-refractivity contribution in [2.75, 3.05) is 31.1 Å². The first kappa shape index (κ1) is 17.8. The van der Waals surface area contributed by atoms with Crippen LogP contribution in [0.25, 0.3) is 0 Å². The molecule has 7 heteroatoms. The van der Waals surface area contributed by atoms with Crippen LogP contribution in [0.3, 0.4) is 0 Å². The molecule has 1 unspecified atom stereocenters. The van der Waals surface area contributed by atoms with E-state index in [1.807, 2.05) is 35.2 Å². The van der Waals surface area contributed by atoms with E-state index in [1.165, 1.54) is 0 Å². The highest BCUT2D eigenvalue weighted by Crippen LogP contribution is 2.26. The van der Waals surface area contributed by atoms with Crippen LogP contribution in [0, 0.1) is 0 Å². The highest BCUT2D eigenvalue weighted by atomic mass is 35.5. The lowest BCUT2D eigenvalue weighted by atomic mass is 10.2. The van der Waals surface area contributed by atoms with E-state index in [2.05, 4.69) is 9.88 Å². The Morgan fingerprint density at radius 1 is 1.16 bits per heavy atom. The third kappa shape index (κ3) is 4.35. The van der Waals surface area contributed by atoms with E-state index >= 15 is 0 Å². The Morgan fingerprint density at radius 3 is 2.48 bits per heavy atom. The zero-order chi connectivity index (χ0) is 17.8. The number of nitrogens with zero attached hydrogens (tertiary/aromatic N) is 3. The predicted octanol–water partition coefficient (Wildman–Crippen LogP) is 3.50. The number of pyridine rings is 1. The molecule has 2 heterocycles. The molecule has 0 N–H and O–H groups in total. The van der Waals surface area contributed by atoms with Crippen LogP contribution in [0.4, 0.5) is 5.82 Å². The predicted molar refractivity (Wildman–Crippen MR) is 99.6 cm³/mol. The van der Waals surface area contributed by atoms with Crippen molar-refractivity contribution in [3.8, 4) is 5.75 Å². The number of carbonyl (C=O) groups excluding carboxylic acids is 1. The smallest absolute Gasteiger partial charge is 0.263 e. The SMILES string of the molecule is CC(Oc1ccccc1)C(=O)N1CCN(c2ncc(Cl)cc2Cl)CC1. The van der Waals surface area contributed by atoms with Gasteiger partial charge in [-0.1, -0.05) is 41.4 Å². The number of hydrogen-bond acceptors (Lipinski definition) is 4. The minimum absolute atomic E-state index is 0.0151. The van der Waals surface area contributed by atoms with E-state index in [-0.39, 0.29) is 5.91 Å². The lowest BCUT2D eigenvalue weighted by Crippen LogP contribution is -2.52. The second-order valence-corrected chi connectivity index (χ2v) is 6.69. The van der Waals surface area contributed by atoms with E-state index in [0.717, 1.165) is 0 Å². The van der Waals surface area contributed by atoms with Gasteiger partial charge < -0.3 is 14.5 Å². The van der Waals surface area contributed by atoms with Crippen LogP contribution < -0.4 is 9.64 Å². The van der Waals surface area contributed by atoms with Gasteiger partial charge in [0.25, 0.3) is 5.91 Å². The van der Waals surface area contributed by atoms with Gasteiger partial charge in [-0.25, -0.2) is 4.98 Å². The number of hydrogen-bond donors (Lipinski definition) is 0. The van der Waals surface area contributed by atoms with Gasteiger partial charge in [-0.15, -0.1) is 0 Å². The first-order valence-corrected chi connectivity index (χ1v) is 8.86. The van der Waals surface area contributed by atoms with Crippen molar-refractivity contribution in [2.45, 2.75) is 13.0 Å². The molecule has 0 saturated carbocycles. The Labute approximate surface area is 157 Å². The van der Waals surface area contributed by atoms with Crippen LogP contribution in [0.5, 0.6) is 5.75 Å². The molecule has 1 atom stereocenters. The number of piperazine rings is 1. The molecule has 1 amide bonds. The number of amides is 1. The van der Waals surface area contributed by atoms with Crippen molar-refractivity contribution in [2.24, 2.45) is 0 Å². The molecule has 132 valence electrons. The third-order valence-electron chi connectivity index (χ3n) is 4.08. The average Bonchev–Trinajstić information content (AvgIpc) is 2.62. The van der Waals surface area contributed by atoms with E-state index in [0.29, 0.717) is 47.8 Å². The Bertz CT molecular complexity index is 734. The highest BCUT2D eigenvalue weighted by molar-refractivity contribution is 6.36. The fourth-order valence-electron chi connectivity index (χ4n) is 2.79. The van der Waals surface area contributed by atoms with Gasteiger partial charge in [-0.3, -0.25) is 4.79 Å². The second-order valence-electron chi connectivity index (χ2n) is 5.84. The van der Waals surface area contributed by atoms with E-state index in [9.17, 15) is 4.79 Å². The van der Waals surface area contributed by atoms with Gasteiger partial charge in [0.1, 0.15) is 11.6 Å². The number of benzene rings is 1. The molecule has 1 aromatic carbocycles. The van der Waals surface area contributed by atoms with E-state index < -0.39 is 6.10 Å². The molecule has 1 fully saturated rings. The molecular formula is C18H19Cl2N3O2. The first-order valence-electron chi connectivity index (χ1n) is 8.11. The topological polar surface area (TPSA) is 45.7 Å². The van der Waals surface area contributed by atoms with Crippen molar-refractivity contribution in [1.82, 2.24) is 9.88 Å². The highest BCUT2D eigenvalue weighted by Gasteiger charge is 2.27. The number of halogens is 2. The summed E-state index contributed by atoms with van der Waals surface area (Å²) in [5.41, 5.74) is 0. The summed E-state index contributed by atoms with van der Waals surface area (Å²) in [4.78, 5) is 20.8. The molecule has 0 radical (unpaired) electrons.